The zero-order valence-electron chi connectivity index (χ0n) is 14.8. The zero-order valence-corrected chi connectivity index (χ0v) is 17.2. The van der Waals surface area contributed by atoms with Crippen molar-refractivity contribution in [2.45, 2.75) is 4.90 Å². The predicted molar refractivity (Wildman–Crippen MR) is 112 cm³/mol. The normalized spacial score (nSPS) is 10.9. The van der Waals surface area contributed by atoms with Gasteiger partial charge in [0.1, 0.15) is 5.75 Å². The lowest BCUT2D eigenvalue weighted by Crippen LogP contribution is -2.14. The van der Waals surface area contributed by atoms with Crippen molar-refractivity contribution in [3.05, 3.63) is 82.8 Å². The molecule has 1 amide bonds. The summed E-state index contributed by atoms with van der Waals surface area (Å²) in [6, 6.07) is 19.6. The fraction of sp³-hybridized carbons (Fsp3) is 0.0500. The van der Waals surface area contributed by atoms with Crippen LogP contribution in [0.4, 0.5) is 11.4 Å². The van der Waals surface area contributed by atoms with Gasteiger partial charge in [0.2, 0.25) is 0 Å². The number of sulfonamides is 1. The van der Waals surface area contributed by atoms with Crippen LogP contribution in [0.5, 0.6) is 5.75 Å². The Bertz CT molecular complexity index is 1080. The number of carbonyl (C=O) groups is 1. The third-order valence-corrected chi connectivity index (χ3v) is 5.75. The van der Waals surface area contributed by atoms with E-state index in [2.05, 4.69) is 26.0 Å². The molecule has 2 N–H and O–H groups in total. The minimum Gasteiger partial charge on any atom is -0.496 e. The summed E-state index contributed by atoms with van der Waals surface area (Å²) in [7, 11) is -2.23. The van der Waals surface area contributed by atoms with Crippen LogP contribution in [0.15, 0.2) is 82.2 Å². The summed E-state index contributed by atoms with van der Waals surface area (Å²) in [5.74, 6) is 0.0699. The largest absolute Gasteiger partial charge is 0.496 e. The van der Waals surface area contributed by atoms with Crippen LogP contribution in [0.2, 0.25) is 0 Å². The van der Waals surface area contributed by atoms with Gasteiger partial charge in [-0.3, -0.25) is 9.52 Å². The second kappa shape index (κ2) is 8.45. The number of nitrogens with one attached hydrogen (secondary N) is 2. The van der Waals surface area contributed by atoms with E-state index in [4.69, 9.17) is 4.74 Å². The van der Waals surface area contributed by atoms with Crippen LogP contribution >= 0.6 is 15.9 Å². The first-order valence-corrected chi connectivity index (χ1v) is 10.5. The number of methoxy groups -OCH3 is 1. The van der Waals surface area contributed by atoms with Crippen molar-refractivity contribution < 1.29 is 17.9 Å². The van der Waals surface area contributed by atoms with Crippen molar-refractivity contribution in [1.29, 1.82) is 0 Å². The molecule has 8 heteroatoms. The van der Waals surface area contributed by atoms with Gasteiger partial charge in [-0.1, -0.05) is 34.1 Å². The van der Waals surface area contributed by atoms with Gasteiger partial charge in [-0.15, -0.1) is 0 Å². The number of para-hydroxylation sites is 1. The number of hydrogen-bond donors (Lipinski definition) is 2. The molecule has 0 saturated carbocycles. The molecule has 0 aromatic heterocycles. The smallest absolute Gasteiger partial charge is 0.261 e. The molecule has 0 aliphatic rings. The summed E-state index contributed by atoms with van der Waals surface area (Å²) in [4.78, 5) is 12.6. The topological polar surface area (TPSA) is 84.5 Å². The summed E-state index contributed by atoms with van der Waals surface area (Å²) in [6.45, 7) is 0. The molecule has 3 rings (SSSR count). The van der Waals surface area contributed by atoms with Crippen LogP contribution in [0, 0.1) is 0 Å². The molecule has 0 spiro atoms. The molecule has 3 aromatic carbocycles. The molecule has 3 aromatic rings. The molecule has 6 nitrogen and oxygen atoms in total. The molecule has 144 valence electrons. The molecule has 28 heavy (non-hydrogen) atoms. The fourth-order valence-electron chi connectivity index (χ4n) is 2.49. The first kappa shape index (κ1) is 19.9. The maximum atomic E-state index is 12.5. The maximum absolute atomic E-state index is 12.5. The van der Waals surface area contributed by atoms with Gasteiger partial charge in [0.05, 0.1) is 17.6 Å². The van der Waals surface area contributed by atoms with Gasteiger partial charge >= 0.3 is 0 Å². The van der Waals surface area contributed by atoms with Crippen molar-refractivity contribution in [3.8, 4) is 5.75 Å². The Kier molecular flexibility index (Phi) is 6.01. The van der Waals surface area contributed by atoms with Gasteiger partial charge < -0.3 is 10.1 Å². The Morgan fingerprint density at radius 2 is 1.61 bits per heavy atom. The Hall–Kier alpha value is -2.84. The fourth-order valence-corrected chi connectivity index (χ4v) is 3.89. The van der Waals surface area contributed by atoms with Gasteiger partial charge in [0.25, 0.3) is 15.9 Å². The molecule has 0 fully saturated rings. The van der Waals surface area contributed by atoms with Crippen LogP contribution < -0.4 is 14.8 Å². The Balaban J connectivity index is 1.75. The SMILES string of the molecule is COc1cc(Br)ccc1C(=O)Nc1ccc(S(=O)(=O)Nc2ccccc2)cc1. The summed E-state index contributed by atoms with van der Waals surface area (Å²) < 4.78 is 33.4. The van der Waals surface area contributed by atoms with Gasteiger partial charge in [0, 0.05) is 15.8 Å². The minimum atomic E-state index is -3.71. The van der Waals surface area contributed by atoms with E-state index in [1.807, 2.05) is 0 Å². The lowest BCUT2D eigenvalue weighted by molar-refractivity contribution is 0.102. The van der Waals surface area contributed by atoms with Gasteiger partial charge in [0.15, 0.2) is 0 Å². The number of anilines is 2. The summed E-state index contributed by atoms with van der Waals surface area (Å²) in [6.07, 6.45) is 0. The molecule has 0 heterocycles. The Morgan fingerprint density at radius 1 is 0.929 bits per heavy atom. The number of benzene rings is 3. The van der Waals surface area contributed by atoms with Gasteiger partial charge in [-0.2, -0.15) is 0 Å². The standard InChI is InChI=1S/C20H17BrN2O4S/c1-27-19-13-14(21)7-12-18(19)20(24)22-15-8-10-17(11-9-15)28(25,26)23-16-5-3-2-4-6-16/h2-13,23H,1H3,(H,22,24). The molecule has 0 atom stereocenters. The van der Waals surface area contributed by atoms with Crippen LogP contribution in [-0.4, -0.2) is 21.4 Å². The number of hydrogen-bond acceptors (Lipinski definition) is 4. The lowest BCUT2D eigenvalue weighted by atomic mass is 10.2. The highest BCUT2D eigenvalue weighted by Gasteiger charge is 2.16. The van der Waals surface area contributed by atoms with Crippen LogP contribution in [0.1, 0.15) is 10.4 Å². The zero-order chi connectivity index (χ0) is 20.1. The average molecular weight is 461 g/mol. The van der Waals surface area contributed by atoms with Crippen LogP contribution in [0.25, 0.3) is 0 Å². The van der Waals surface area contributed by atoms with Crippen molar-refractivity contribution >= 4 is 43.2 Å². The van der Waals surface area contributed by atoms with E-state index in [0.717, 1.165) is 4.47 Å². The molecular weight excluding hydrogens is 444 g/mol. The van der Waals surface area contributed by atoms with E-state index in [-0.39, 0.29) is 10.8 Å². The molecule has 0 unspecified atom stereocenters. The number of ether oxygens (including phenoxy) is 1. The highest BCUT2D eigenvalue weighted by Crippen LogP contribution is 2.25. The first-order chi connectivity index (χ1) is 13.4. The van der Waals surface area contributed by atoms with Crippen molar-refractivity contribution in [3.63, 3.8) is 0 Å². The highest BCUT2D eigenvalue weighted by atomic mass is 79.9. The Labute approximate surface area is 171 Å². The molecule has 0 bridgehead atoms. The molecule has 0 radical (unpaired) electrons. The number of halogens is 1. The average Bonchev–Trinajstić information content (AvgIpc) is 2.68. The number of amides is 1. The van der Waals surface area contributed by atoms with Crippen LogP contribution in [0.3, 0.4) is 0 Å². The second-order valence-corrected chi connectivity index (χ2v) is 8.39. The third-order valence-electron chi connectivity index (χ3n) is 3.86. The maximum Gasteiger partial charge on any atom is 0.261 e. The van der Waals surface area contributed by atoms with Crippen molar-refractivity contribution in [1.82, 2.24) is 0 Å². The highest BCUT2D eigenvalue weighted by molar-refractivity contribution is 9.10. The van der Waals surface area contributed by atoms with E-state index >= 15 is 0 Å². The minimum absolute atomic E-state index is 0.0931. The van der Waals surface area contributed by atoms with Crippen molar-refractivity contribution in [2.24, 2.45) is 0 Å². The van der Waals surface area contributed by atoms with E-state index < -0.39 is 10.0 Å². The van der Waals surface area contributed by atoms with Crippen LogP contribution in [-0.2, 0) is 10.0 Å². The molecular formula is C20H17BrN2O4S. The number of carbonyl (C=O) groups excluding carboxylic acids is 1. The molecule has 0 aliphatic carbocycles. The first-order valence-electron chi connectivity index (χ1n) is 8.22. The lowest BCUT2D eigenvalue weighted by Gasteiger charge is -2.11. The quantitative estimate of drug-likeness (QED) is 0.566. The van der Waals surface area contributed by atoms with Crippen molar-refractivity contribution in [2.75, 3.05) is 17.1 Å². The number of rotatable bonds is 6. The predicted octanol–water partition coefficient (Wildman–Crippen LogP) is 4.51. The third kappa shape index (κ3) is 4.71. The Morgan fingerprint density at radius 3 is 2.25 bits per heavy atom. The van der Waals surface area contributed by atoms with E-state index in [1.165, 1.54) is 31.4 Å². The monoisotopic (exact) mass is 460 g/mol. The summed E-state index contributed by atoms with van der Waals surface area (Å²) in [5, 5.41) is 2.73. The second-order valence-electron chi connectivity index (χ2n) is 5.79. The summed E-state index contributed by atoms with van der Waals surface area (Å²) in [5.41, 5.74) is 1.31. The summed E-state index contributed by atoms with van der Waals surface area (Å²) >= 11 is 3.33. The van der Waals surface area contributed by atoms with Gasteiger partial charge in [-0.25, -0.2) is 8.42 Å². The molecule has 0 saturated heterocycles. The van der Waals surface area contributed by atoms with E-state index in [0.29, 0.717) is 22.7 Å². The van der Waals surface area contributed by atoms with E-state index in [1.54, 1.807) is 48.5 Å². The molecule has 0 aliphatic heterocycles. The van der Waals surface area contributed by atoms with Gasteiger partial charge in [-0.05, 0) is 54.6 Å². The van der Waals surface area contributed by atoms with E-state index in [9.17, 15) is 13.2 Å².